The lowest BCUT2D eigenvalue weighted by Gasteiger charge is -2.32. The van der Waals surface area contributed by atoms with Crippen LogP contribution < -0.4 is 5.73 Å². The predicted molar refractivity (Wildman–Crippen MR) is 102 cm³/mol. The summed E-state index contributed by atoms with van der Waals surface area (Å²) in [5, 5.41) is 4.72. The van der Waals surface area contributed by atoms with E-state index in [-0.39, 0.29) is 6.09 Å². The average Bonchev–Trinajstić information content (AvgIpc) is 2.96. The van der Waals surface area contributed by atoms with Gasteiger partial charge in [0, 0.05) is 25.1 Å². The first kappa shape index (κ1) is 18.3. The topological polar surface area (TPSA) is 73.4 Å². The average molecular weight is 356 g/mol. The van der Waals surface area contributed by atoms with Gasteiger partial charge in [-0.15, -0.1) is 0 Å². The minimum absolute atomic E-state index is 0.236. The monoisotopic (exact) mass is 356 g/mol. The second kappa shape index (κ2) is 7.02. The number of likely N-dealkylation sites (tertiary alicyclic amines) is 1. The number of ether oxygens (including phenoxy) is 1. The van der Waals surface area contributed by atoms with Crippen LogP contribution in [0.1, 0.15) is 50.8 Å². The van der Waals surface area contributed by atoms with Crippen molar-refractivity contribution in [2.24, 2.45) is 0 Å². The number of benzene rings is 1. The van der Waals surface area contributed by atoms with Crippen molar-refractivity contribution in [3.63, 3.8) is 0 Å². The number of carbonyl (C=O) groups is 1. The summed E-state index contributed by atoms with van der Waals surface area (Å²) in [5.74, 6) is 0.945. The summed E-state index contributed by atoms with van der Waals surface area (Å²) in [5.41, 5.74) is 8.87. The molecule has 0 atom stereocenters. The fourth-order valence-corrected chi connectivity index (χ4v) is 3.19. The van der Waals surface area contributed by atoms with Gasteiger partial charge >= 0.3 is 6.09 Å². The molecule has 2 heterocycles. The van der Waals surface area contributed by atoms with Gasteiger partial charge in [0.25, 0.3) is 0 Å². The Balaban J connectivity index is 1.66. The number of nitrogens with two attached hydrogens (primary N) is 1. The van der Waals surface area contributed by atoms with E-state index in [1.165, 1.54) is 5.56 Å². The number of carbonyl (C=O) groups excluding carboxylic acids is 1. The Morgan fingerprint density at radius 2 is 1.81 bits per heavy atom. The lowest BCUT2D eigenvalue weighted by Crippen LogP contribution is -2.41. The molecule has 3 rings (SSSR count). The number of nitrogens with zero attached hydrogens (tertiary/aromatic N) is 3. The maximum Gasteiger partial charge on any atom is 0.410 e. The number of hydrogen-bond acceptors (Lipinski definition) is 4. The fraction of sp³-hybridized carbons (Fsp3) is 0.500. The van der Waals surface area contributed by atoms with Gasteiger partial charge in [-0.05, 0) is 52.7 Å². The second-order valence-electron chi connectivity index (χ2n) is 7.98. The van der Waals surface area contributed by atoms with Crippen LogP contribution in [0.25, 0.3) is 5.69 Å². The van der Waals surface area contributed by atoms with E-state index in [0.717, 1.165) is 24.2 Å². The molecule has 0 spiro atoms. The number of hydrogen-bond donors (Lipinski definition) is 1. The van der Waals surface area contributed by atoms with Gasteiger partial charge in [0.2, 0.25) is 0 Å². The SMILES string of the molecule is Cc1ccc(-n2nc(C3CCN(C(=O)OC(C)(C)C)CC3)cc2N)cc1. The van der Waals surface area contributed by atoms with Gasteiger partial charge in [0.1, 0.15) is 11.4 Å². The molecule has 1 aliphatic rings. The number of aromatic nitrogens is 2. The molecule has 26 heavy (non-hydrogen) atoms. The summed E-state index contributed by atoms with van der Waals surface area (Å²) in [6.45, 7) is 9.07. The number of anilines is 1. The van der Waals surface area contributed by atoms with Crippen LogP contribution in [0, 0.1) is 6.92 Å². The first-order valence-electron chi connectivity index (χ1n) is 9.13. The minimum Gasteiger partial charge on any atom is -0.444 e. The molecule has 1 saturated heterocycles. The Morgan fingerprint density at radius 1 is 1.19 bits per heavy atom. The molecule has 0 saturated carbocycles. The Kier molecular flexibility index (Phi) is 4.94. The molecule has 1 aliphatic heterocycles. The molecular weight excluding hydrogens is 328 g/mol. The van der Waals surface area contributed by atoms with Gasteiger partial charge in [0.15, 0.2) is 0 Å². The van der Waals surface area contributed by atoms with Crippen molar-refractivity contribution in [3.05, 3.63) is 41.6 Å². The zero-order valence-electron chi connectivity index (χ0n) is 16.0. The highest BCUT2D eigenvalue weighted by atomic mass is 16.6. The highest BCUT2D eigenvalue weighted by Gasteiger charge is 2.28. The van der Waals surface area contributed by atoms with E-state index in [2.05, 4.69) is 19.1 Å². The Hall–Kier alpha value is -2.50. The molecule has 0 unspecified atom stereocenters. The molecule has 1 amide bonds. The van der Waals surface area contributed by atoms with Crippen LogP contribution in [-0.2, 0) is 4.74 Å². The largest absolute Gasteiger partial charge is 0.444 e. The van der Waals surface area contributed by atoms with E-state index < -0.39 is 5.60 Å². The zero-order valence-corrected chi connectivity index (χ0v) is 16.0. The van der Waals surface area contributed by atoms with Crippen molar-refractivity contribution in [1.29, 1.82) is 0 Å². The van der Waals surface area contributed by atoms with Crippen molar-refractivity contribution in [2.45, 2.75) is 52.1 Å². The number of piperidine rings is 1. The third-order valence-electron chi connectivity index (χ3n) is 4.60. The maximum atomic E-state index is 12.2. The van der Waals surface area contributed by atoms with E-state index in [1.807, 2.05) is 39.0 Å². The predicted octanol–water partition coefficient (Wildman–Crippen LogP) is 3.88. The molecular formula is C20H28N4O2. The zero-order chi connectivity index (χ0) is 18.9. The maximum absolute atomic E-state index is 12.2. The lowest BCUT2D eigenvalue weighted by molar-refractivity contribution is 0.0204. The van der Waals surface area contributed by atoms with E-state index in [9.17, 15) is 4.79 Å². The molecule has 2 N–H and O–H groups in total. The van der Waals surface area contributed by atoms with Crippen LogP contribution in [0.15, 0.2) is 30.3 Å². The van der Waals surface area contributed by atoms with Gasteiger partial charge in [-0.3, -0.25) is 0 Å². The third-order valence-corrected chi connectivity index (χ3v) is 4.60. The molecule has 1 aromatic carbocycles. The summed E-state index contributed by atoms with van der Waals surface area (Å²) in [7, 11) is 0. The van der Waals surface area contributed by atoms with Crippen molar-refractivity contribution >= 4 is 11.9 Å². The number of nitrogen functional groups attached to an aromatic ring is 1. The summed E-state index contributed by atoms with van der Waals surface area (Å²) >= 11 is 0. The summed E-state index contributed by atoms with van der Waals surface area (Å²) < 4.78 is 7.24. The van der Waals surface area contributed by atoms with E-state index in [0.29, 0.717) is 24.8 Å². The summed E-state index contributed by atoms with van der Waals surface area (Å²) in [6.07, 6.45) is 1.49. The third kappa shape index (κ3) is 4.18. The van der Waals surface area contributed by atoms with Gasteiger partial charge in [-0.2, -0.15) is 5.10 Å². The Morgan fingerprint density at radius 3 is 2.38 bits per heavy atom. The van der Waals surface area contributed by atoms with Crippen LogP contribution >= 0.6 is 0 Å². The van der Waals surface area contributed by atoms with Crippen LogP contribution in [0.3, 0.4) is 0 Å². The standard InChI is InChI=1S/C20H28N4O2/c1-14-5-7-16(8-6-14)24-18(21)13-17(22-24)15-9-11-23(12-10-15)19(25)26-20(2,3)4/h5-8,13,15H,9-12,21H2,1-4H3. The van der Waals surface area contributed by atoms with Crippen molar-refractivity contribution in [1.82, 2.24) is 14.7 Å². The first-order valence-corrected chi connectivity index (χ1v) is 9.13. The normalized spacial score (nSPS) is 15.9. The number of aryl methyl sites for hydroxylation is 1. The van der Waals surface area contributed by atoms with Gasteiger partial charge in [-0.1, -0.05) is 17.7 Å². The fourth-order valence-electron chi connectivity index (χ4n) is 3.19. The van der Waals surface area contributed by atoms with Crippen molar-refractivity contribution in [3.8, 4) is 5.69 Å². The van der Waals surface area contributed by atoms with Crippen LogP contribution in [0.2, 0.25) is 0 Å². The second-order valence-corrected chi connectivity index (χ2v) is 7.98. The molecule has 0 bridgehead atoms. The van der Waals surface area contributed by atoms with Crippen molar-refractivity contribution in [2.75, 3.05) is 18.8 Å². The van der Waals surface area contributed by atoms with Crippen LogP contribution in [0.5, 0.6) is 0 Å². The van der Waals surface area contributed by atoms with Crippen molar-refractivity contribution < 1.29 is 9.53 Å². The molecule has 1 fully saturated rings. The molecule has 1 aromatic heterocycles. The highest BCUT2D eigenvalue weighted by molar-refractivity contribution is 5.68. The van der Waals surface area contributed by atoms with Crippen LogP contribution in [-0.4, -0.2) is 39.5 Å². The smallest absolute Gasteiger partial charge is 0.410 e. The molecule has 2 aromatic rings. The first-order chi connectivity index (χ1) is 12.2. The molecule has 0 aliphatic carbocycles. The Bertz CT molecular complexity index is 766. The number of amides is 1. The summed E-state index contributed by atoms with van der Waals surface area (Å²) in [4.78, 5) is 14.0. The van der Waals surface area contributed by atoms with E-state index in [4.69, 9.17) is 15.6 Å². The summed E-state index contributed by atoms with van der Waals surface area (Å²) in [6, 6.07) is 10.1. The van der Waals surface area contributed by atoms with E-state index >= 15 is 0 Å². The van der Waals surface area contributed by atoms with E-state index in [1.54, 1.807) is 9.58 Å². The molecule has 0 radical (unpaired) electrons. The minimum atomic E-state index is -0.463. The molecule has 6 nitrogen and oxygen atoms in total. The Labute approximate surface area is 154 Å². The van der Waals surface area contributed by atoms with Crippen LogP contribution in [0.4, 0.5) is 10.6 Å². The van der Waals surface area contributed by atoms with Gasteiger partial charge < -0.3 is 15.4 Å². The molecule has 6 heteroatoms. The number of rotatable bonds is 2. The van der Waals surface area contributed by atoms with Gasteiger partial charge in [-0.25, -0.2) is 9.48 Å². The highest BCUT2D eigenvalue weighted by Crippen LogP contribution is 2.30. The van der Waals surface area contributed by atoms with Gasteiger partial charge in [0.05, 0.1) is 11.4 Å². The quantitative estimate of drug-likeness (QED) is 0.886. The lowest BCUT2D eigenvalue weighted by atomic mass is 9.94. The molecule has 140 valence electrons.